The lowest BCUT2D eigenvalue weighted by Gasteiger charge is -2.13. The van der Waals surface area contributed by atoms with E-state index in [-0.39, 0.29) is 6.42 Å². The van der Waals surface area contributed by atoms with Crippen LogP contribution in [0.1, 0.15) is 58.3 Å². The smallest absolute Gasteiger partial charge is 0.303 e. The Morgan fingerprint density at radius 1 is 1.00 bits per heavy atom. The summed E-state index contributed by atoms with van der Waals surface area (Å²) in [6.07, 6.45) is 7.85. The Labute approximate surface area is 98.2 Å². The van der Waals surface area contributed by atoms with Crippen molar-refractivity contribution < 1.29 is 15.1 Å². The highest BCUT2D eigenvalue weighted by atomic mass is 16.5. The van der Waals surface area contributed by atoms with Gasteiger partial charge < -0.3 is 10.3 Å². The zero-order valence-electron chi connectivity index (χ0n) is 10.3. The molecule has 0 amide bonds. The number of carboxylic acid groups (broad SMARTS) is 1. The summed E-state index contributed by atoms with van der Waals surface area (Å²) in [5.41, 5.74) is 0. The molecule has 0 aliphatic rings. The summed E-state index contributed by atoms with van der Waals surface area (Å²) in [7, 11) is 0. The number of nitrogens with zero attached hydrogens (tertiary/aromatic N) is 1. The second kappa shape index (κ2) is 10.9. The third kappa shape index (κ3) is 11.5. The van der Waals surface area contributed by atoms with Gasteiger partial charge >= 0.3 is 5.97 Å². The first-order chi connectivity index (χ1) is 7.66. The van der Waals surface area contributed by atoms with E-state index >= 15 is 0 Å². The maximum atomic E-state index is 10.2. The molecular formula is C12H25NO3. The molecule has 0 rings (SSSR count). The average Bonchev–Trinajstić information content (AvgIpc) is 2.22. The number of hydroxylamine groups is 2. The van der Waals surface area contributed by atoms with E-state index in [1.807, 2.05) is 0 Å². The van der Waals surface area contributed by atoms with Crippen LogP contribution in [0.5, 0.6) is 0 Å². The minimum Gasteiger partial charge on any atom is -0.481 e. The van der Waals surface area contributed by atoms with Gasteiger partial charge in [0.05, 0.1) is 0 Å². The normalized spacial score (nSPS) is 10.9. The summed E-state index contributed by atoms with van der Waals surface area (Å²) in [6, 6.07) is 0. The van der Waals surface area contributed by atoms with Gasteiger partial charge in [0.1, 0.15) is 0 Å². The number of aliphatic carboxylic acids is 1. The van der Waals surface area contributed by atoms with Gasteiger partial charge in [-0.15, -0.1) is 0 Å². The zero-order valence-corrected chi connectivity index (χ0v) is 10.3. The molecule has 0 fully saturated rings. The molecule has 0 aromatic heterocycles. The molecule has 0 radical (unpaired) electrons. The fourth-order valence-electron chi connectivity index (χ4n) is 1.60. The van der Waals surface area contributed by atoms with E-state index in [0.29, 0.717) is 19.5 Å². The fraction of sp³-hybridized carbons (Fsp3) is 0.917. The highest BCUT2D eigenvalue weighted by Gasteiger charge is 2.02. The predicted molar refractivity (Wildman–Crippen MR) is 63.6 cm³/mol. The summed E-state index contributed by atoms with van der Waals surface area (Å²) in [4.78, 5) is 10.2. The Bertz CT molecular complexity index is 174. The maximum Gasteiger partial charge on any atom is 0.303 e. The van der Waals surface area contributed by atoms with Crippen LogP contribution in [0.3, 0.4) is 0 Å². The van der Waals surface area contributed by atoms with Gasteiger partial charge in [0.25, 0.3) is 0 Å². The van der Waals surface area contributed by atoms with Crippen LogP contribution in [0.25, 0.3) is 0 Å². The molecule has 0 heterocycles. The van der Waals surface area contributed by atoms with Crippen molar-refractivity contribution >= 4 is 5.97 Å². The highest BCUT2D eigenvalue weighted by molar-refractivity contribution is 5.66. The lowest BCUT2D eigenvalue weighted by atomic mass is 10.1. The zero-order chi connectivity index (χ0) is 12.2. The molecule has 0 aromatic carbocycles. The molecule has 4 nitrogen and oxygen atoms in total. The van der Waals surface area contributed by atoms with E-state index in [2.05, 4.69) is 6.92 Å². The molecule has 0 atom stereocenters. The minimum atomic E-state index is -0.798. The van der Waals surface area contributed by atoms with Crippen molar-refractivity contribution in [1.82, 2.24) is 5.06 Å². The maximum absolute atomic E-state index is 10.2. The number of carboxylic acids is 1. The summed E-state index contributed by atoms with van der Waals surface area (Å²) < 4.78 is 0. The molecule has 0 saturated heterocycles. The van der Waals surface area contributed by atoms with E-state index in [1.54, 1.807) is 0 Å². The first-order valence-corrected chi connectivity index (χ1v) is 6.32. The predicted octanol–water partition coefficient (Wildman–Crippen LogP) is 2.90. The molecule has 0 aliphatic carbocycles. The topological polar surface area (TPSA) is 60.8 Å². The Morgan fingerprint density at radius 2 is 1.56 bits per heavy atom. The number of rotatable bonds is 11. The second-order valence-corrected chi connectivity index (χ2v) is 4.22. The van der Waals surface area contributed by atoms with Crippen molar-refractivity contribution in [3.63, 3.8) is 0 Å². The van der Waals surface area contributed by atoms with Crippen molar-refractivity contribution in [1.29, 1.82) is 0 Å². The molecule has 96 valence electrons. The number of unbranched alkanes of at least 4 members (excludes halogenated alkanes) is 5. The lowest BCUT2D eigenvalue weighted by Crippen LogP contribution is -2.22. The fourth-order valence-corrected chi connectivity index (χ4v) is 1.60. The second-order valence-electron chi connectivity index (χ2n) is 4.22. The van der Waals surface area contributed by atoms with E-state index in [0.717, 1.165) is 12.8 Å². The van der Waals surface area contributed by atoms with Gasteiger partial charge in [0, 0.05) is 19.5 Å². The van der Waals surface area contributed by atoms with Gasteiger partial charge in [-0.1, -0.05) is 39.0 Å². The number of hydrogen-bond acceptors (Lipinski definition) is 3. The Balaban J connectivity index is 3.17. The van der Waals surface area contributed by atoms with Crippen LogP contribution in [-0.2, 0) is 4.79 Å². The van der Waals surface area contributed by atoms with Crippen LogP contribution in [0, 0.1) is 0 Å². The van der Waals surface area contributed by atoms with Crippen molar-refractivity contribution in [2.75, 3.05) is 13.1 Å². The van der Waals surface area contributed by atoms with Gasteiger partial charge in [-0.25, -0.2) is 0 Å². The van der Waals surface area contributed by atoms with Gasteiger partial charge in [0.15, 0.2) is 0 Å². The summed E-state index contributed by atoms with van der Waals surface area (Å²) in [5.74, 6) is -0.798. The van der Waals surface area contributed by atoms with Gasteiger partial charge in [0.2, 0.25) is 0 Å². The molecule has 0 saturated carbocycles. The standard InChI is InChI=1S/C12H25NO3/c1-2-3-4-5-6-7-10-13(16)11-8-9-12(14)15/h16H,2-11H2,1H3,(H,14,15). The highest BCUT2D eigenvalue weighted by Crippen LogP contribution is 2.05. The number of carbonyl (C=O) groups is 1. The molecule has 4 heteroatoms. The molecule has 2 N–H and O–H groups in total. The van der Waals surface area contributed by atoms with Crippen LogP contribution < -0.4 is 0 Å². The van der Waals surface area contributed by atoms with Gasteiger partial charge in [-0.05, 0) is 12.8 Å². The number of hydrogen-bond donors (Lipinski definition) is 2. The molecule has 0 bridgehead atoms. The summed E-state index contributed by atoms with van der Waals surface area (Å²) in [5, 5.41) is 19.1. The van der Waals surface area contributed by atoms with E-state index in [9.17, 15) is 10.0 Å². The van der Waals surface area contributed by atoms with Gasteiger partial charge in [-0.3, -0.25) is 4.79 Å². The molecule has 0 aromatic rings. The van der Waals surface area contributed by atoms with Crippen LogP contribution in [0.15, 0.2) is 0 Å². The van der Waals surface area contributed by atoms with E-state index in [4.69, 9.17) is 5.11 Å². The molecule has 0 aliphatic heterocycles. The quantitative estimate of drug-likeness (QED) is 0.424. The SMILES string of the molecule is CCCCCCCCN(O)CCCC(=O)O. The van der Waals surface area contributed by atoms with Gasteiger partial charge in [-0.2, -0.15) is 5.06 Å². The summed E-state index contributed by atoms with van der Waals surface area (Å²) >= 11 is 0. The third-order valence-corrected chi connectivity index (χ3v) is 2.58. The first-order valence-electron chi connectivity index (χ1n) is 6.32. The lowest BCUT2D eigenvalue weighted by molar-refractivity contribution is -0.138. The summed E-state index contributed by atoms with van der Waals surface area (Å²) in [6.45, 7) is 3.31. The van der Waals surface area contributed by atoms with Crippen LogP contribution in [0.2, 0.25) is 0 Å². The molecule has 0 spiro atoms. The monoisotopic (exact) mass is 231 g/mol. The largest absolute Gasteiger partial charge is 0.481 e. The van der Waals surface area contributed by atoms with Crippen molar-refractivity contribution in [3.05, 3.63) is 0 Å². The Hall–Kier alpha value is -0.610. The van der Waals surface area contributed by atoms with E-state index < -0.39 is 5.97 Å². The van der Waals surface area contributed by atoms with Crippen molar-refractivity contribution in [3.8, 4) is 0 Å². The molecule has 0 unspecified atom stereocenters. The third-order valence-electron chi connectivity index (χ3n) is 2.58. The molecule has 16 heavy (non-hydrogen) atoms. The van der Waals surface area contributed by atoms with Crippen LogP contribution >= 0.6 is 0 Å². The molecular weight excluding hydrogens is 206 g/mol. The van der Waals surface area contributed by atoms with Crippen molar-refractivity contribution in [2.45, 2.75) is 58.3 Å². The minimum absolute atomic E-state index is 0.132. The Morgan fingerprint density at radius 3 is 2.19 bits per heavy atom. The first kappa shape index (κ1) is 15.4. The van der Waals surface area contributed by atoms with Crippen LogP contribution in [-0.4, -0.2) is 34.4 Å². The Kier molecular flexibility index (Phi) is 10.5. The average molecular weight is 231 g/mol. The van der Waals surface area contributed by atoms with E-state index in [1.165, 1.54) is 30.7 Å². The van der Waals surface area contributed by atoms with Crippen molar-refractivity contribution in [2.24, 2.45) is 0 Å². The van der Waals surface area contributed by atoms with Crippen LogP contribution in [0.4, 0.5) is 0 Å².